The van der Waals surface area contributed by atoms with Crippen molar-refractivity contribution < 1.29 is 9.13 Å². The summed E-state index contributed by atoms with van der Waals surface area (Å²) < 4.78 is 18.9. The van der Waals surface area contributed by atoms with E-state index in [1.165, 1.54) is 37.9 Å². The first-order valence-corrected chi connectivity index (χ1v) is 6.77. The van der Waals surface area contributed by atoms with Crippen molar-refractivity contribution in [2.45, 2.75) is 39.2 Å². The number of nitrogens with zero attached hydrogens (tertiary/aromatic N) is 1. The summed E-state index contributed by atoms with van der Waals surface area (Å²) in [7, 11) is 0. The van der Waals surface area contributed by atoms with E-state index in [9.17, 15) is 4.39 Å². The maximum atomic E-state index is 13.2. The van der Waals surface area contributed by atoms with Crippen LogP contribution in [0.2, 0.25) is 0 Å². The van der Waals surface area contributed by atoms with Crippen LogP contribution in [0.15, 0.2) is 12.3 Å². The predicted molar refractivity (Wildman–Crippen MR) is 69.0 cm³/mol. The molecule has 1 aliphatic carbocycles. The van der Waals surface area contributed by atoms with E-state index in [-0.39, 0.29) is 5.82 Å². The molecule has 1 aromatic rings. The minimum atomic E-state index is -0.309. The molecule has 0 amide bonds. The Balaban J connectivity index is 1.96. The molecule has 0 spiro atoms. The van der Waals surface area contributed by atoms with Gasteiger partial charge in [-0.2, -0.15) is 0 Å². The van der Waals surface area contributed by atoms with Gasteiger partial charge < -0.3 is 10.1 Å². The Hall–Kier alpha value is -1.16. The molecule has 0 bridgehead atoms. The van der Waals surface area contributed by atoms with Crippen molar-refractivity contribution in [3.8, 4) is 5.88 Å². The van der Waals surface area contributed by atoms with Crippen LogP contribution in [-0.2, 0) is 6.54 Å². The van der Waals surface area contributed by atoms with Gasteiger partial charge in [-0.25, -0.2) is 9.37 Å². The smallest absolute Gasteiger partial charge is 0.218 e. The Labute approximate surface area is 108 Å². The lowest BCUT2D eigenvalue weighted by atomic mass is 10.1. The fraction of sp³-hybridized carbons (Fsp3) is 0.643. The molecule has 0 saturated heterocycles. The summed E-state index contributed by atoms with van der Waals surface area (Å²) in [5.41, 5.74) is 0.801. The lowest BCUT2D eigenvalue weighted by Crippen LogP contribution is -2.15. The van der Waals surface area contributed by atoms with Crippen molar-refractivity contribution >= 4 is 0 Å². The molecule has 1 fully saturated rings. The second-order valence-electron chi connectivity index (χ2n) is 4.86. The molecule has 0 aromatic carbocycles. The van der Waals surface area contributed by atoms with Gasteiger partial charge in [0.1, 0.15) is 5.82 Å². The summed E-state index contributed by atoms with van der Waals surface area (Å²) in [5.74, 6) is 0.907. The molecule has 100 valence electrons. The fourth-order valence-electron chi connectivity index (χ4n) is 2.36. The van der Waals surface area contributed by atoms with E-state index < -0.39 is 0 Å². The van der Waals surface area contributed by atoms with Crippen LogP contribution in [0.4, 0.5) is 4.39 Å². The third kappa shape index (κ3) is 3.67. The molecule has 1 saturated carbocycles. The van der Waals surface area contributed by atoms with Gasteiger partial charge in [0.15, 0.2) is 0 Å². The summed E-state index contributed by atoms with van der Waals surface area (Å²) in [4.78, 5) is 4.05. The van der Waals surface area contributed by atoms with Crippen LogP contribution in [0.1, 0.15) is 38.2 Å². The van der Waals surface area contributed by atoms with Crippen LogP contribution >= 0.6 is 0 Å². The first-order chi connectivity index (χ1) is 8.79. The second kappa shape index (κ2) is 6.69. The molecular weight excluding hydrogens is 231 g/mol. The standard InChI is InChI=1S/C14H21FN2O/c1-2-16-8-12-7-13(15)9-17-14(12)18-10-11-5-3-4-6-11/h7,9,11,16H,2-6,8,10H2,1H3. The number of aromatic nitrogens is 1. The number of rotatable bonds is 6. The third-order valence-electron chi connectivity index (χ3n) is 3.39. The molecular formula is C14H21FN2O. The third-order valence-corrected chi connectivity index (χ3v) is 3.39. The highest BCUT2D eigenvalue weighted by Crippen LogP contribution is 2.26. The highest BCUT2D eigenvalue weighted by molar-refractivity contribution is 5.26. The molecule has 2 rings (SSSR count). The summed E-state index contributed by atoms with van der Waals surface area (Å²) in [6.45, 7) is 4.17. The van der Waals surface area contributed by atoms with Crippen molar-refractivity contribution in [3.63, 3.8) is 0 Å². The van der Waals surface area contributed by atoms with Gasteiger partial charge in [-0.1, -0.05) is 19.8 Å². The van der Waals surface area contributed by atoms with Gasteiger partial charge in [0.2, 0.25) is 5.88 Å². The molecule has 1 heterocycles. The molecule has 0 radical (unpaired) electrons. The molecule has 3 nitrogen and oxygen atoms in total. The Kier molecular flexibility index (Phi) is 4.93. The maximum Gasteiger partial charge on any atom is 0.218 e. The molecule has 1 N–H and O–H groups in total. The maximum absolute atomic E-state index is 13.2. The van der Waals surface area contributed by atoms with E-state index in [0.717, 1.165) is 12.1 Å². The zero-order chi connectivity index (χ0) is 12.8. The van der Waals surface area contributed by atoms with Crippen LogP contribution < -0.4 is 10.1 Å². The Morgan fingerprint density at radius 1 is 1.44 bits per heavy atom. The van der Waals surface area contributed by atoms with E-state index in [4.69, 9.17) is 4.74 Å². The van der Waals surface area contributed by atoms with Crippen LogP contribution in [0.25, 0.3) is 0 Å². The Morgan fingerprint density at radius 3 is 2.94 bits per heavy atom. The van der Waals surface area contributed by atoms with Gasteiger partial charge in [-0.15, -0.1) is 0 Å². The molecule has 4 heteroatoms. The summed E-state index contributed by atoms with van der Waals surface area (Å²) in [6.07, 6.45) is 6.30. The van der Waals surface area contributed by atoms with E-state index in [0.29, 0.717) is 24.9 Å². The van der Waals surface area contributed by atoms with E-state index in [1.807, 2.05) is 6.92 Å². The van der Waals surface area contributed by atoms with Gasteiger partial charge in [-0.05, 0) is 31.4 Å². The van der Waals surface area contributed by atoms with Crippen LogP contribution in [0.5, 0.6) is 5.88 Å². The normalized spacial score (nSPS) is 16.1. The van der Waals surface area contributed by atoms with Gasteiger partial charge in [0, 0.05) is 12.1 Å². The molecule has 0 unspecified atom stereocenters. The second-order valence-corrected chi connectivity index (χ2v) is 4.86. The number of nitrogens with one attached hydrogen (secondary N) is 1. The SMILES string of the molecule is CCNCc1cc(F)cnc1OCC1CCCC1. The quantitative estimate of drug-likeness (QED) is 0.845. The monoisotopic (exact) mass is 252 g/mol. The van der Waals surface area contributed by atoms with Gasteiger partial charge in [0.05, 0.1) is 12.8 Å². The van der Waals surface area contributed by atoms with Gasteiger partial charge >= 0.3 is 0 Å². The Morgan fingerprint density at radius 2 is 2.22 bits per heavy atom. The number of ether oxygens (including phenoxy) is 1. The lowest BCUT2D eigenvalue weighted by Gasteiger charge is -2.13. The molecule has 1 aliphatic rings. The average molecular weight is 252 g/mol. The highest BCUT2D eigenvalue weighted by Gasteiger charge is 2.16. The largest absolute Gasteiger partial charge is 0.477 e. The number of hydrogen-bond acceptors (Lipinski definition) is 3. The van der Waals surface area contributed by atoms with Crippen LogP contribution in [-0.4, -0.2) is 18.1 Å². The van der Waals surface area contributed by atoms with E-state index >= 15 is 0 Å². The van der Waals surface area contributed by atoms with Crippen molar-refractivity contribution in [3.05, 3.63) is 23.6 Å². The average Bonchev–Trinajstić information content (AvgIpc) is 2.88. The van der Waals surface area contributed by atoms with Crippen molar-refractivity contribution in [2.75, 3.05) is 13.2 Å². The Bertz CT molecular complexity index is 378. The minimum Gasteiger partial charge on any atom is -0.477 e. The number of halogens is 1. The predicted octanol–water partition coefficient (Wildman–Crippen LogP) is 2.90. The topological polar surface area (TPSA) is 34.2 Å². The summed E-state index contributed by atoms with van der Waals surface area (Å²) >= 11 is 0. The van der Waals surface area contributed by atoms with Crippen molar-refractivity contribution in [1.82, 2.24) is 10.3 Å². The highest BCUT2D eigenvalue weighted by atomic mass is 19.1. The van der Waals surface area contributed by atoms with Crippen LogP contribution in [0.3, 0.4) is 0 Å². The number of hydrogen-bond donors (Lipinski definition) is 1. The summed E-state index contributed by atoms with van der Waals surface area (Å²) in [5, 5.41) is 3.17. The van der Waals surface area contributed by atoms with E-state index in [2.05, 4.69) is 10.3 Å². The van der Waals surface area contributed by atoms with E-state index in [1.54, 1.807) is 0 Å². The summed E-state index contributed by atoms with van der Waals surface area (Å²) in [6, 6.07) is 1.50. The van der Waals surface area contributed by atoms with Crippen LogP contribution in [0, 0.1) is 11.7 Å². The van der Waals surface area contributed by atoms with Crippen molar-refractivity contribution in [1.29, 1.82) is 0 Å². The zero-order valence-electron chi connectivity index (χ0n) is 10.9. The minimum absolute atomic E-state index is 0.309. The fourth-order valence-corrected chi connectivity index (χ4v) is 2.36. The molecule has 0 atom stereocenters. The van der Waals surface area contributed by atoms with Gasteiger partial charge in [0.25, 0.3) is 0 Å². The first kappa shape index (κ1) is 13.3. The lowest BCUT2D eigenvalue weighted by molar-refractivity contribution is 0.240. The molecule has 1 aromatic heterocycles. The molecule has 18 heavy (non-hydrogen) atoms. The molecule has 0 aliphatic heterocycles. The van der Waals surface area contributed by atoms with Gasteiger partial charge in [-0.3, -0.25) is 0 Å². The number of pyridine rings is 1. The van der Waals surface area contributed by atoms with Crippen molar-refractivity contribution in [2.24, 2.45) is 5.92 Å². The zero-order valence-corrected chi connectivity index (χ0v) is 10.9. The first-order valence-electron chi connectivity index (χ1n) is 6.77.